The Bertz CT molecular complexity index is 1280. The topological polar surface area (TPSA) is 118 Å². The molecule has 10 nitrogen and oxygen atoms in total. The highest BCUT2D eigenvalue weighted by molar-refractivity contribution is 7.99. The van der Waals surface area contributed by atoms with Crippen LogP contribution in [0, 0.1) is 0 Å². The summed E-state index contributed by atoms with van der Waals surface area (Å²) in [5.41, 5.74) is 1.25. The minimum absolute atomic E-state index is 0.107. The molecule has 0 aliphatic carbocycles. The molecular formula is C27H29F3N6O4S. The molecule has 41 heavy (non-hydrogen) atoms. The summed E-state index contributed by atoms with van der Waals surface area (Å²) >= 11 is 1.18. The van der Waals surface area contributed by atoms with Crippen molar-refractivity contribution in [1.82, 2.24) is 25.5 Å². The lowest BCUT2D eigenvalue weighted by atomic mass is 10.2. The highest BCUT2D eigenvalue weighted by Gasteiger charge is 2.31. The largest absolute Gasteiger partial charge is 0.573 e. The number of nitrogens with zero attached hydrogens (tertiary/aromatic N) is 3. The first kappa shape index (κ1) is 30.2. The summed E-state index contributed by atoms with van der Waals surface area (Å²) in [4.78, 5) is 36.6. The third kappa shape index (κ3) is 10.0. The minimum atomic E-state index is -4.81. The number of hydrogen-bond donors (Lipinski definition) is 3. The third-order valence-corrected chi connectivity index (χ3v) is 7.06. The van der Waals surface area contributed by atoms with Gasteiger partial charge in [0.2, 0.25) is 5.91 Å². The zero-order valence-corrected chi connectivity index (χ0v) is 22.7. The van der Waals surface area contributed by atoms with Crippen molar-refractivity contribution in [1.29, 1.82) is 0 Å². The lowest BCUT2D eigenvalue weighted by Crippen LogP contribution is -2.42. The van der Waals surface area contributed by atoms with Crippen LogP contribution in [0.1, 0.15) is 21.3 Å². The van der Waals surface area contributed by atoms with Gasteiger partial charge < -0.3 is 25.4 Å². The van der Waals surface area contributed by atoms with E-state index in [4.69, 9.17) is 4.74 Å². The van der Waals surface area contributed by atoms with Crippen molar-refractivity contribution in [2.24, 2.45) is 0 Å². The molecule has 218 valence electrons. The normalized spacial score (nSPS) is 14.7. The fourth-order valence-electron chi connectivity index (χ4n) is 3.89. The average molecular weight is 591 g/mol. The van der Waals surface area contributed by atoms with Crippen molar-refractivity contribution in [3.8, 4) is 5.75 Å². The van der Waals surface area contributed by atoms with Crippen LogP contribution in [0.2, 0.25) is 0 Å². The molecule has 0 radical (unpaired) electrons. The monoisotopic (exact) mass is 590 g/mol. The Kier molecular flexibility index (Phi) is 10.9. The van der Waals surface area contributed by atoms with Crippen LogP contribution in [-0.2, 0) is 9.53 Å². The molecule has 1 fully saturated rings. The van der Waals surface area contributed by atoms with Crippen LogP contribution in [-0.4, -0.2) is 79.0 Å². The molecule has 1 unspecified atom stereocenters. The van der Waals surface area contributed by atoms with Gasteiger partial charge in [-0.2, -0.15) is 0 Å². The molecule has 3 aromatic rings. The first-order chi connectivity index (χ1) is 19.8. The van der Waals surface area contributed by atoms with Crippen molar-refractivity contribution < 1.29 is 32.2 Å². The maximum Gasteiger partial charge on any atom is 0.573 e. The van der Waals surface area contributed by atoms with E-state index in [9.17, 15) is 22.8 Å². The Morgan fingerprint density at radius 1 is 1.05 bits per heavy atom. The van der Waals surface area contributed by atoms with Crippen molar-refractivity contribution in [2.45, 2.75) is 16.8 Å². The number of rotatable bonds is 12. The van der Waals surface area contributed by atoms with Crippen LogP contribution in [0.15, 0.2) is 72.1 Å². The zero-order chi connectivity index (χ0) is 29.1. The van der Waals surface area contributed by atoms with Crippen LogP contribution in [0.5, 0.6) is 5.75 Å². The second kappa shape index (κ2) is 14.8. The van der Waals surface area contributed by atoms with Gasteiger partial charge in [-0.1, -0.05) is 11.8 Å². The Balaban J connectivity index is 1.39. The number of carbonyl (C=O) groups excluding carboxylic acids is 2. The fourth-order valence-corrected chi connectivity index (χ4v) is 5.00. The van der Waals surface area contributed by atoms with Crippen LogP contribution < -0.4 is 20.7 Å². The van der Waals surface area contributed by atoms with Gasteiger partial charge in [0.1, 0.15) is 16.1 Å². The number of ether oxygens (including phenoxy) is 2. The summed E-state index contributed by atoms with van der Waals surface area (Å²) in [7, 11) is 0. The molecular weight excluding hydrogens is 561 g/mol. The van der Waals surface area contributed by atoms with Gasteiger partial charge in [-0.05, 0) is 54.1 Å². The maximum absolute atomic E-state index is 13.1. The van der Waals surface area contributed by atoms with Gasteiger partial charge in [0.25, 0.3) is 5.91 Å². The minimum Gasteiger partial charge on any atom is -0.406 e. The Morgan fingerprint density at radius 3 is 2.49 bits per heavy atom. The summed E-state index contributed by atoms with van der Waals surface area (Å²) < 4.78 is 46.5. The number of aromatic nitrogens is 2. The van der Waals surface area contributed by atoms with Crippen molar-refractivity contribution >= 4 is 29.3 Å². The quantitative estimate of drug-likeness (QED) is 0.166. The summed E-state index contributed by atoms with van der Waals surface area (Å²) in [6.07, 6.45) is -0.0744. The number of amides is 2. The molecule has 2 aromatic heterocycles. The zero-order valence-electron chi connectivity index (χ0n) is 21.9. The van der Waals surface area contributed by atoms with Gasteiger partial charge in [-0.25, -0.2) is 4.98 Å². The number of alkyl halides is 3. The van der Waals surface area contributed by atoms with Crippen molar-refractivity contribution in [2.75, 3.05) is 51.3 Å². The predicted octanol–water partition coefficient (Wildman–Crippen LogP) is 3.46. The Labute approximate surface area is 239 Å². The van der Waals surface area contributed by atoms with E-state index in [0.29, 0.717) is 24.8 Å². The second-order valence-corrected chi connectivity index (χ2v) is 9.95. The Morgan fingerprint density at radius 2 is 1.78 bits per heavy atom. The molecule has 14 heteroatoms. The maximum atomic E-state index is 13.1. The van der Waals surface area contributed by atoms with Gasteiger partial charge in [-0.15, -0.1) is 13.2 Å². The second-order valence-electron chi connectivity index (χ2n) is 8.86. The number of nitrogens with one attached hydrogen (secondary N) is 3. The van der Waals surface area contributed by atoms with Crippen molar-refractivity contribution in [3.63, 3.8) is 0 Å². The molecule has 1 aliphatic heterocycles. The lowest BCUT2D eigenvalue weighted by Gasteiger charge is -2.26. The van der Waals surface area contributed by atoms with E-state index in [0.717, 1.165) is 37.3 Å². The van der Waals surface area contributed by atoms with Crippen LogP contribution in [0.25, 0.3) is 0 Å². The molecule has 1 aromatic carbocycles. The van der Waals surface area contributed by atoms with Crippen LogP contribution in [0.3, 0.4) is 0 Å². The highest BCUT2D eigenvalue weighted by atomic mass is 32.2. The predicted molar refractivity (Wildman–Crippen MR) is 146 cm³/mol. The van der Waals surface area contributed by atoms with Gasteiger partial charge in [0.15, 0.2) is 0 Å². The first-order valence-electron chi connectivity index (χ1n) is 12.8. The van der Waals surface area contributed by atoms with Gasteiger partial charge in [-0.3, -0.25) is 19.5 Å². The summed E-state index contributed by atoms with van der Waals surface area (Å²) in [6.45, 7) is 4.72. The van der Waals surface area contributed by atoms with Gasteiger partial charge in [0, 0.05) is 50.5 Å². The van der Waals surface area contributed by atoms with E-state index in [2.05, 4.69) is 35.6 Å². The standard InChI is InChI=1S/C27H29F3N6O4S/c28-27(29,30)40-21-5-3-20(4-6-21)34-24(38)22-2-1-9-33-26(22)41-25(19-7-10-31-11-8-19)35-23(37)18-32-12-13-36-14-16-39-17-15-36/h1-11,25,32H,12-18H2,(H,34,38)(H,35,37). The van der Waals surface area contributed by atoms with E-state index in [1.165, 1.54) is 30.1 Å². The van der Waals surface area contributed by atoms with E-state index < -0.39 is 23.4 Å². The number of carbonyl (C=O) groups is 2. The molecule has 3 N–H and O–H groups in total. The molecule has 1 aliphatic rings. The number of halogens is 3. The number of benzene rings is 1. The van der Waals surface area contributed by atoms with E-state index >= 15 is 0 Å². The summed E-state index contributed by atoms with van der Waals surface area (Å²) in [5.74, 6) is -1.15. The van der Waals surface area contributed by atoms with Crippen LogP contribution in [0.4, 0.5) is 18.9 Å². The lowest BCUT2D eigenvalue weighted by molar-refractivity contribution is -0.274. The van der Waals surface area contributed by atoms with Crippen molar-refractivity contribution in [3.05, 3.63) is 78.2 Å². The molecule has 4 rings (SSSR count). The average Bonchev–Trinajstić information content (AvgIpc) is 2.96. The van der Waals surface area contributed by atoms with Crippen LogP contribution >= 0.6 is 11.8 Å². The first-order valence-corrected chi connectivity index (χ1v) is 13.6. The molecule has 1 saturated heterocycles. The number of anilines is 1. The number of hydrogen-bond acceptors (Lipinski definition) is 9. The van der Waals surface area contributed by atoms with E-state index in [1.807, 2.05) is 0 Å². The molecule has 2 amide bonds. The molecule has 0 saturated carbocycles. The summed E-state index contributed by atoms with van der Waals surface area (Å²) in [5, 5.41) is 8.57. The molecule has 0 bridgehead atoms. The van der Waals surface area contributed by atoms with Gasteiger partial charge in [0.05, 0.1) is 25.3 Å². The highest BCUT2D eigenvalue weighted by Crippen LogP contribution is 2.34. The molecule has 1 atom stereocenters. The SMILES string of the molecule is O=C(CNCCN1CCOCC1)NC(Sc1ncccc1C(=O)Nc1ccc(OC(F)(F)F)cc1)c1ccncc1. The van der Waals surface area contributed by atoms with E-state index in [1.54, 1.807) is 36.7 Å². The fraction of sp³-hybridized carbons (Fsp3) is 0.333. The third-order valence-electron chi connectivity index (χ3n) is 5.89. The van der Waals surface area contributed by atoms with Gasteiger partial charge >= 0.3 is 6.36 Å². The van der Waals surface area contributed by atoms with E-state index in [-0.39, 0.29) is 23.7 Å². The Hall–Kier alpha value is -3.72. The number of morpholine rings is 1. The molecule has 0 spiro atoms. The number of thioether (sulfide) groups is 1. The summed E-state index contributed by atoms with van der Waals surface area (Å²) in [6, 6.07) is 11.5. The smallest absolute Gasteiger partial charge is 0.406 e. The number of pyridine rings is 2. The molecule has 3 heterocycles.